The summed E-state index contributed by atoms with van der Waals surface area (Å²) >= 11 is 0. The Labute approximate surface area is 126 Å². The van der Waals surface area contributed by atoms with Crippen molar-refractivity contribution in [3.8, 4) is 0 Å². The van der Waals surface area contributed by atoms with Gasteiger partial charge in [0.2, 0.25) is 0 Å². The van der Waals surface area contributed by atoms with Gasteiger partial charge in [-0.3, -0.25) is 4.90 Å². The molecule has 0 radical (unpaired) electrons. The molecule has 0 aromatic heterocycles. The molecular formula is C18H36N2. The average Bonchev–Trinajstić information content (AvgIpc) is 2.86. The molecule has 20 heavy (non-hydrogen) atoms. The normalized spacial score (nSPS) is 36.8. The molecule has 0 bridgehead atoms. The summed E-state index contributed by atoms with van der Waals surface area (Å²) < 4.78 is 0. The molecule has 2 heteroatoms. The average molecular weight is 280 g/mol. The molecule has 2 N–H and O–H groups in total. The van der Waals surface area contributed by atoms with E-state index in [2.05, 4.69) is 39.5 Å². The fourth-order valence-corrected chi connectivity index (χ4v) is 4.62. The van der Waals surface area contributed by atoms with E-state index < -0.39 is 0 Å². The molecule has 1 aliphatic heterocycles. The highest BCUT2D eigenvalue weighted by Crippen LogP contribution is 2.43. The van der Waals surface area contributed by atoms with Gasteiger partial charge < -0.3 is 5.73 Å². The molecule has 0 spiro atoms. The molecule has 1 saturated heterocycles. The quantitative estimate of drug-likeness (QED) is 0.849. The predicted molar refractivity (Wildman–Crippen MR) is 87.7 cm³/mol. The molecule has 0 aromatic carbocycles. The zero-order chi connectivity index (χ0) is 14.9. The third-order valence-electron chi connectivity index (χ3n) is 6.02. The molecule has 2 rings (SSSR count). The van der Waals surface area contributed by atoms with E-state index in [0.29, 0.717) is 5.41 Å². The summed E-state index contributed by atoms with van der Waals surface area (Å²) in [7, 11) is 0. The highest BCUT2D eigenvalue weighted by Gasteiger charge is 2.41. The van der Waals surface area contributed by atoms with Crippen LogP contribution < -0.4 is 5.73 Å². The maximum absolute atomic E-state index is 6.11. The van der Waals surface area contributed by atoms with Gasteiger partial charge in [-0.15, -0.1) is 0 Å². The Morgan fingerprint density at radius 2 is 1.85 bits per heavy atom. The van der Waals surface area contributed by atoms with Gasteiger partial charge in [0.15, 0.2) is 0 Å². The van der Waals surface area contributed by atoms with Crippen LogP contribution in [0.5, 0.6) is 0 Å². The number of hydrogen-bond donors (Lipinski definition) is 1. The van der Waals surface area contributed by atoms with Crippen LogP contribution in [-0.2, 0) is 0 Å². The van der Waals surface area contributed by atoms with E-state index in [0.717, 1.165) is 36.4 Å². The SMILES string of the molecule is CC(C)C1CCCN1C1CC(C(C)(C)C)CCC1CN. The minimum absolute atomic E-state index is 0.449. The lowest BCUT2D eigenvalue weighted by molar-refractivity contribution is 0.0280. The minimum Gasteiger partial charge on any atom is -0.330 e. The third-order valence-corrected chi connectivity index (χ3v) is 6.02. The van der Waals surface area contributed by atoms with Crippen molar-refractivity contribution in [2.45, 2.75) is 78.8 Å². The molecule has 1 saturated carbocycles. The first-order chi connectivity index (χ1) is 9.34. The second kappa shape index (κ2) is 6.36. The first-order valence-corrected chi connectivity index (χ1v) is 8.80. The summed E-state index contributed by atoms with van der Waals surface area (Å²) in [6.45, 7) is 14.2. The third kappa shape index (κ3) is 3.39. The second-order valence-corrected chi connectivity index (χ2v) is 8.63. The standard InChI is InChI=1S/C18H36N2/c1-13(2)16-7-6-10-20(16)17-11-15(18(3,4)5)9-8-14(17)12-19/h13-17H,6-12,19H2,1-5H3. The summed E-state index contributed by atoms with van der Waals surface area (Å²) in [6, 6.07) is 1.54. The molecule has 2 aliphatic rings. The molecule has 1 aliphatic carbocycles. The molecule has 118 valence electrons. The highest BCUT2D eigenvalue weighted by atomic mass is 15.2. The van der Waals surface area contributed by atoms with E-state index in [1.165, 1.54) is 38.6 Å². The van der Waals surface area contributed by atoms with Crippen molar-refractivity contribution in [3.63, 3.8) is 0 Å². The van der Waals surface area contributed by atoms with Crippen LogP contribution in [0.1, 0.15) is 66.7 Å². The Morgan fingerprint density at radius 1 is 1.15 bits per heavy atom. The molecule has 2 fully saturated rings. The minimum atomic E-state index is 0.449. The van der Waals surface area contributed by atoms with Crippen LogP contribution >= 0.6 is 0 Å². The number of likely N-dealkylation sites (tertiary alicyclic amines) is 1. The smallest absolute Gasteiger partial charge is 0.0141 e. The van der Waals surface area contributed by atoms with E-state index in [-0.39, 0.29) is 0 Å². The van der Waals surface area contributed by atoms with Gasteiger partial charge in [-0.25, -0.2) is 0 Å². The first kappa shape index (κ1) is 16.3. The van der Waals surface area contributed by atoms with Crippen LogP contribution in [0.25, 0.3) is 0 Å². The van der Waals surface area contributed by atoms with E-state index in [1.54, 1.807) is 0 Å². The first-order valence-electron chi connectivity index (χ1n) is 8.80. The Hall–Kier alpha value is -0.0800. The van der Waals surface area contributed by atoms with Gasteiger partial charge >= 0.3 is 0 Å². The number of nitrogens with two attached hydrogens (primary N) is 1. The largest absolute Gasteiger partial charge is 0.330 e. The molecule has 0 aromatic rings. The van der Waals surface area contributed by atoms with Crippen molar-refractivity contribution in [3.05, 3.63) is 0 Å². The van der Waals surface area contributed by atoms with Crippen molar-refractivity contribution in [1.82, 2.24) is 4.90 Å². The van der Waals surface area contributed by atoms with Gasteiger partial charge in [0.1, 0.15) is 0 Å². The van der Waals surface area contributed by atoms with E-state index in [1.807, 2.05) is 0 Å². The summed E-state index contributed by atoms with van der Waals surface area (Å²) in [5.41, 5.74) is 6.56. The Morgan fingerprint density at radius 3 is 2.40 bits per heavy atom. The maximum Gasteiger partial charge on any atom is 0.0141 e. The van der Waals surface area contributed by atoms with Crippen molar-refractivity contribution in [1.29, 1.82) is 0 Å². The molecule has 2 nitrogen and oxygen atoms in total. The highest BCUT2D eigenvalue weighted by molar-refractivity contribution is 4.95. The van der Waals surface area contributed by atoms with Gasteiger partial charge in [-0.1, -0.05) is 34.6 Å². The van der Waals surface area contributed by atoms with Crippen LogP contribution in [0.15, 0.2) is 0 Å². The Balaban J connectivity index is 2.12. The second-order valence-electron chi connectivity index (χ2n) is 8.63. The molecular weight excluding hydrogens is 244 g/mol. The van der Waals surface area contributed by atoms with Crippen LogP contribution in [-0.4, -0.2) is 30.1 Å². The predicted octanol–water partition coefficient (Wildman–Crippen LogP) is 3.90. The van der Waals surface area contributed by atoms with Crippen molar-refractivity contribution >= 4 is 0 Å². The summed E-state index contributed by atoms with van der Waals surface area (Å²) in [5, 5.41) is 0. The number of nitrogens with zero attached hydrogens (tertiary/aromatic N) is 1. The van der Waals surface area contributed by atoms with E-state index in [4.69, 9.17) is 5.73 Å². The van der Waals surface area contributed by atoms with Crippen LogP contribution in [0, 0.1) is 23.2 Å². The van der Waals surface area contributed by atoms with Crippen molar-refractivity contribution < 1.29 is 0 Å². The Kier molecular flexibility index (Phi) is 5.18. The van der Waals surface area contributed by atoms with Crippen molar-refractivity contribution in [2.24, 2.45) is 28.9 Å². The molecule has 0 amide bonds. The lowest BCUT2D eigenvalue weighted by atomic mass is 9.67. The van der Waals surface area contributed by atoms with Gasteiger partial charge in [-0.2, -0.15) is 0 Å². The van der Waals surface area contributed by atoms with Gasteiger partial charge in [0, 0.05) is 12.1 Å². The summed E-state index contributed by atoms with van der Waals surface area (Å²) in [5.74, 6) is 2.38. The lowest BCUT2D eigenvalue weighted by Crippen LogP contribution is -2.51. The number of hydrogen-bond acceptors (Lipinski definition) is 2. The van der Waals surface area contributed by atoms with Crippen LogP contribution in [0.2, 0.25) is 0 Å². The van der Waals surface area contributed by atoms with Crippen molar-refractivity contribution in [2.75, 3.05) is 13.1 Å². The fourth-order valence-electron chi connectivity index (χ4n) is 4.62. The van der Waals surface area contributed by atoms with Crippen LogP contribution in [0.3, 0.4) is 0 Å². The Bertz CT molecular complexity index is 305. The summed E-state index contributed by atoms with van der Waals surface area (Å²) in [4.78, 5) is 2.85. The number of rotatable bonds is 3. The topological polar surface area (TPSA) is 29.3 Å². The lowest BCUT2D eigenvalue weighted by Gasteiger charge is -2.47. The van der Waals surface area contributed by atoms with Gasteiger partial charge in [-0.05, 0) is 68.4 Å². The summed E-state index contributed by atoms with van der Waals surface area (Å²) in [6.07, 6.45) is 6.86. The molecule has 4 unspecified atom stereocenters. The van der Waals surface area contributed by atoms with E-state index in [9.17, 15) is 0 Å². The molecule has 4 atom stereocenters. The fraction of sp³-hybridized carbons (Fsp3) is 1.00. The maximum atomic E-state index is 6.11. The zero-order valence-corrected chi connectivity index (χ0v) is 14.4. The van der Waals surface area contributed by atoms with E-state index >= 15 is 0 Å². The van der Waals surface area contributed by atoms with Crippen LogP contribution in [0.4, 0.5) is 0 Å². The zero-order valence-electron chi connectivity index (χ0n) is 14.4. The van der Waals surface area contributed by atoms with Gasteiger partial charge in [0.25, 0.3) is 0 Å². The molecule has 1 heterocycles. The van der Waals surface area contributed by atoms with Gasteiger partial charge in [0.05, 0.1) is 0 Å². The monoisotopic (exact) mass is 280 g/mol.